The van der Waals surface area contributed by atoms with E-state index in [1.54, 1.807) is 0 Å². The Morgan fingerprint density at radius 3 is 3.00 bits per heavy atom. The molecule has 0 radical (unpaired) electrons. The highest BCUT2D eigenvalue weighted by Gasteiger charge is 2.47. The zero-order valence-corrected chi connectivity index (χ0v) is 6.29. The van der Waals surface area contributed by atoms with Gasteiger partial charge in [-0.05, 0) is 25.7 Å². The van der Waals surface area contributed by atoms with Gasteiger partial charge in [-0.2, -0.15) is 5.26 Å². The minimum atomic E-state index is -1.19. The molecule has 2 rings (SSSR count). The number of aliphatic hydroxyl groups is 1. The van der Waals surface area contributed by atoms with E-state index in [0.29, 0.717) is 12.5 Å². The van der Waals surface area contributed by atoms with E-state index in [0.717, 1.165) is 19.3 Å². The molecule has 0 saturated carbocycles. The van der Waals surface area contributed by atoms with Crippen LogP contribution in [0.5, 0.6) is 0 Å². The van der Waals surface area contributed by atoms with Crippen LogP contribution in [-0.2, 0) is 4.74 Å². The molecule has 3 unspecified atom stereocenters. The molecule has 2 bridgehead atoms. The van der Waals surface area contributed by atoms with Crippen LogP contribution in [-0.4, -0.2) is 22.9 Å². The minimum Gasteiger partial charge on any atom is -0.373 e. The molecule has 0 aliphatic carbocycles. The molecule has 11 heavy (non-hydrogen) atoms. The number of hydrogen-bond acceptors (Lipinski definition) is 3. The first-order valence-electron chi connectivity index (χ1n) is 4.04. The lowest BCUT2D eigenvalue weighted by atomic mass is 9.92. The fourth-order valence-electron chi connectivity index (χ4n) is 1.94. The molecule has 1 N–H and O–H groups in total. The summed E-state index contributed by atoms with van der Waals surface area (Å²) in [7, 11) is 0. The third-order valence-corrected chi connectivity index (χ3v) is 2.68. The van der Waals surface area contributed by atoms with Gasteiger partial charge in [0.15, 0.2) is 5.60 Å². The molecule has 0 amide bonds. The Morgan fingerprint density at radius 2 is 2.27 bits per heavy atom. The highest BCUT2D eigenvalue weighted by atomic mass is 16.5. The predicted octanol–water partition coefficient (Wildman–Crippen LogP) is 0.582. The number of rotatable bonds is 0. The summed E-state index contributed by atoms with van der Waals surface area (Å²) in [5, 5.41) is 18.4. The van der Waals surface area contributed by atoms with Gasteiger partial charge in [0.1, 0.15) is 12.2 Å². The van der Waals surface area contributed by atoms with Crippen LogP contribution in [0.1, 0.15) is 25.7 Å². The Bertz CT molecular complexity index is 211. The first-order chi connectivity index (χ1) is 5.24. The lowest BCUT2D eigenvalue weighted by Gasteiger charge is -2.31. The van der Waals surface area contributed by atoms with Crippen molar-refractivity contribution in [3.63, 3.8) is 0 Å². The highest BCUT2D eigenvalue weighted by Crippen LogP contribution is 2.38. The van der Waals surface area contributed by atoms with Crippen molar-refractivity contribution in [2.75, 3.05) is 0 Å². The quantitative estimate of drug-likeness (QED) is 0.518. The third kappa shape index (κ3) is 0.943. The molecule has 0 aromatic heterocycles. The van der Waals surface area contributed by atoms with Gasteiger partial charge in [-0.1, -0.05) is 0 Å². The maximum Gasteiger partial charge on any atom is 0.177 e. The van der Waals surface area contributed by atoms with Crippen LogP contribution in [0.4, 0.5) is 0 Å². The number of hydrogen-bond donors (Lipinski definition) is 1. The van der Waals surface area contributed by atoms with Crippen LogP contribution in [0.15, 0.2) is 0 Å². The zero-order chi connectivity index (χ0) is 7.90. The van der Waals surface area contributed by atoms with Crippen molar-refractivity contribution in [3.8, 4) is 6.07 Å². The number of nitriles is 1. The molecule has 60 valence electrons. The largest absolute Gasteiger partial charge is 0.373 e. The predicted molar refractivity (Wildman–Crippen MR) is 37.7 cm³/mol. The first-order valence-corrected chi connectivity index (χ1v) is 4.04. The molecule has 2 aliphatic heterocycles. The molecule has 3 heteroatoms. The van der Waals surface area contributed by atoms with E-state index >= 15 is 0 Å². The van der Waals surface area contributed by atoms with Crippen molar-refractivity contribution in [1.82, 2.24) is 0 Å². The Balaban J connectivity index is 2.20. The topological polar surface area (TPSA) is 53.2 Å². The highest BCUT2D eigenvalue weighted by molar-refractivity contribution is 5.10. The van der Waals surface area contributed by atoms with Crippen LogP contribution < -0.4 is 0 Å². The standard InChI is InChI=1S/C8H11NO2/c9-5-8(10)4-3-6-1-2-7(8)11-6/h6-7,10H,1-4H2. The van der Waals surface area contributed by atoms with Crippen molar-refractivity contribution in [3.05, 3.63) is 0 Å². The Hall–Kier alpha value is -0.590. The Labute approximate surface area is 65.6 Å². The van der Waals surface area contributed by atoms with E-state index < -0.39 is 5.60 Å². The molecule has 3 nitrogen and oxygen atoms in total. The fraction of sp³-hybridized carbons (Fsp3) is 0.875. The average molecular weight is 153 g/mol. The fourth-order valence-corrected chi connectivity index (χ4v) is 1.94. The molecule has 0 aromatic carbocycles. The summed E-state index contributed by atoms with van der Waals surface area (Å²) in [4.78, 5) is 0. The molecular weight excluding hydrogens is 142 g/mol. The molecular formula is C8H11NO2. The van der Waals surface area contributed by atoms with E-state index in [1.165, 1.54) is 0 Å². The molecule has 2 saturated heterocycles. The maximum atomic E-state index is 9.68. The SMILES string of the molecule is N#CC1(O)CCC2CCC1O2. The molecule has 0 aromatic rings. The van der Waals surface area contributed by atoms with Crippen molar-refractivity contribution in [2.24, 2.45) is 0 Å². The van der Waals surface area contributed by atoms with Crippen LogP contribution in [0, 0.1) is 11.3 Å². The van der Waals surface area contributed by atoms with Crippen LogP contribution in [0.2, 0.25) is 0 Å². The van der Waals surface area contributed by atoms with Gasteiger partial charge in [0.2, 0.25) is 0 Å². The van der Waals surface area contributed by atoms with E-state index in [1.807, 2.05) is 6.07 Å². The lowest BCUT2D eigenvalue weighted by molar-refractivity contribution is -0.112. The zero-order valence-electron chi connectivity index (χ0n) is 6.29. The monoisotopic (exact) mass is 153 g/mol. The van der Waals surface area contributed by atoms with Crippen LogP contribution >= 0.6 is 0 Å². The normalized spacial score (nSPS) is 48.7. The van der Waals surface area contributed by atoms with Gasteiger partial charge in [-0.3, -0.25) is 0 Å². The van der Waals surface area contributed by atoms with Crippen molar-refractivity contribution >= 4 is 0 Å². The first kappa shape index (κ1) is 7.08. The Kier molecular flexibility index (Phi) is 1.41. The maximum absolute atomic E-state index is 9.68. The molecule has 2 heterocycles. The summed E-state index contributed by atoms with van der Waals surface area (Å²) in [6.45, 7) is 0. The minimum absolute atomic E-state index is 0.216. The van der Waals surface area contributed by atoms with Crippen molar-refractivity contribution in [2.45, 2.75) is 43.5 Å². The van der Waals surface area contributed by atoms with Gasteiger partial charge in [-0.15, -0.1) is 0 Å². The smallest absolute Gasteiger partial charge is 0.177 e. The van der Waals surface area contributed by atoms with E-state index in [9.17, 15) is 5.11 Å². The number of fused-ring (bicyclic) bond motifs is 2. The van der Waals surface area contributed by atoms with Crippen LogP contribution in [0.3, 0.4) is 0 Å². The Morgan fingerprint density at radius 1 is 1.45 bits per heavy atom. The van der Waals surface area contributed by atoms with Gasteiger partial charge in [0.25, 0.3) is 0 Å². The second-order valence-electron chi connectivity index (χ2n) is 3.40. The number of nitrogens with zero attached hydrogens (tertiary/aromatic N) is 1. The molecule has 2 fully saturated rings. The summed E-state index contributed by atoms with van der Waals surface area (Å²) >= 11 is 0. The summed E-state index contributed by atoms with van der Waals surface area (Å²) in [6.07, 6.45) is 3.36. The summed E-state index contributed by atoms with van der Waals surface area (Å²) in [5.41, 5.74) is -1.19. The second-order valence-corrected chi connectivity index (χ2v) is 3.40. The molecule has 2 aliphatic rings. The van der Waals surface area contributed by atoms with E-state index in [-0.39, 0.29) is 6.10 Å². The van der Waals surface area contributed by atoms with Crippen molar-refractivity contribution < 1.29 is 9.84 Å². The van der Waals surface area contributed by atoms with Gasteiger partial charge in [-0.25, -0.2) is 0 Å². The average Bonchev–Trinajstić information content (AvgIpc) is 2.44. The van der Waals surface area contributed by atoms with Gasteiger partial charge < -0.3 is 9.84 Å². The van der Waals surface area contributed by atoms with Gasteiger partial charge in [0.05, 0.1) is 6.10 Å². The summed E-state index contributed by atoms with van der Waals surface area (Å²) in [6, 6.07) is 1.94. The van der Waals surface area contributed by atoms with E-state index in [4.69, 9.17) is 10.00 Å². The van der Waals surface area contributed by atoms with Crippen LogP contribution in [0.25, 0.3) is 0 Å². The molecule has 0 spiro atoms. The third-order valence-electron chi connectivity index (χ3n) is 2.68. The van der Waals surface area contributed by atoms with Gasteiger partial charge >= 0.3 is 0 Å². The lowest BCUT2D eigenvalue weighted by Crippen LogP contribution is -2.44. The van der Waals surface area contributed by atoms with E-state index in [2.05, 4.69) is 0 Å². The summed E-state index contributed by atoms with van der Waals surface area (Å²) < 4.78 is 5.43. The van der Waals surface area contributed by atoms with Gasteiger partial charge in [0, 0.05) is 0 Å². The number of ether oxygens (including phenoxy) is 1. The summed E-state index contributed by atoms with van der Waals surface area (Å²) in [5.74, 6) is 0. The molecule has 3 atom stereocenters. The van der Waals surface area contributed by atoms with Crippen molar-refractivity contribution in [1.29, 1.82) is 5.26 Å². The second kappa shape index (κ2) is 2.20.